The van der Waals surface area contributed by atoms with Crippen molar-refractivity contribution in [1.82, 2.24) is 10.3 Å². The fourth-order valence-corrected chi connectivity index (χ4v) is 3.72. The molecular weight excluding hydrogens is 441 g/mol. The third-order valence-electron chi connectivity index (χ3n) is 5.79. The maximum absolute atomic E-state index is 13.4. The van der Waals surface area contributed by atoms with Crippen molar-refractivity contribution in [3.05, 3.63) is 42.2 Å². The van der Waals surface area contributed by atoms with E-state index < -0.39 is 42.4 Å². The van der Waals surface area contributed by atoms with Gasteiger partial charge < -0.3 is 14.9 Å². The van der Waals surface area contributed by atoms with Gasteiger partial charge in [-0.25, -0.2) is 4.39 Å². The van der Waals surface area contributed by atoms with Crippen molar-refractivity contribution in [2.45, 2.75) is 52.2 Å². The number of alkyl halides is 1. The largest absolute Gasteiger partial charge is 0.465 e. The van der Waals surface area contributed by atoms with Gasteiger partial charge in [0.25, 0.3) is 5.91 Å². The normalized spacial score (nSPS) is 18.5. The molecule has 0 spiro atoms. The number of fused-ring (bicyclic) bond motifs is 1. The zero-order chi connectivity index (χ0) is 24.9. The number of ketones is 1. The molecule has 1 N–H and O–H groups in total. The first-order valence-electron chi connectivity index (χ1n) is 11.3. The molecule has 1 aromatic heterocycles. The van der Waals surface area contributed by atoms with Gasteiger partial charge in [-0.3, -0.25) is 19.4 Å². The van der Waals surface area contributed by atoms with E-state index in [1.807, 2.05) is 44.2 Å². The van der Waals surface area contributed by atoms with Crippen LogP contribution in [0.15, 0.2) is 41.7 Å². The third kappa shape index (κ3) is 5.40. The van der Waals surface area contributed by atoms with E-state index in [2.05, 4.69) is 15.5 Å². The van der Waals surface area contributed by atoms with E-state index >= 15 is 0 Å². The molecule has 0 saturated heterocycles. The van der Waals surface area contributed by atoms with Crippen LogP contribution in [0, 0.1) is 11.8 Å². The number of oxime groups is 1. The summed E-state index contributed by atoms with van der Waals surface area (Å²) in [7, 11) is 0. The molecule has 1 aromatic carbocycles. The summed E-state index contributed by atoms with van der Waals surface area (Å²) in [4.78, 5) is 47.8. The Morgan fingerprint density at radius 3 is 2.59 bits per heavy atom. The van der Waals surface area contributed by atoms with Crippen LogP contribution >= 0.6 is 0 Å². The van der Waals surface area contributed by atoms with Gasteiger partial charge in [-0.1, -0.05) is 57.1 Å². The average Bonchev–Trinajstić information content (AvgIpc) is 3.28. The number of rotatable bonds is 10. The van der Waals surface area contributed by atoms with Crippen LogP contribution in [-0.4, -0.2) is 53.3 Å². The molecule has 1 unspecified atom stereocenters. The van der Waals surface area contributed by atoms with Crippen LogP contribution in [0.25, 0.3) is 10.8 Å². The Kier molecular flexibility index (Phi) is 7.96. The van der Waals surface area contributed by atoms with Gasteiger partial charge in [-0.15, -0.1) is 0 Å². The van der Waals surface area contributed by atoms with E-state index in [0.29, 0.717) is 11.4 Å². The number of hydrogen-bond donors (Lipinski definition) is 1. The van der Waals surface area contributed by atoms with E-state index in [9.17, 15) is 18.8 Å². The molecule has 0 saturated carbocycles. The molecule has 182 valence electrons. The Balaban J connectivity index is 1.80. The van der Waals surface area contributed by atoms with Crippen LogP contribution in [0.4, 0.5) is 4.39 Å². The zero-order valence-corrected chi connectivity index (χ0v) is 19.8. The van der Waals surface area contributed by atoms with Gasteiger partial charge in [0.05, 0.1) is 18.7 Å². The van der Waals surface area contributed by atoms with Crippen LogP contribution in [-0.2, 0) is 24.0 Å². The number of hydrogen-bond acceptors (Lipinski definition) is 7. The Morgan fingerprint density at radius 1 is 1.18 bits per heavy atom. The summed E-state index contributed by atoms with van der Waals surface area (Å²) in [5, 5.41) is 8.52. The maximum atomic E-state index is 13.4. The SMILES string of the molecule is CC(C)COC(=O)C[C@H](NC(=O)C1(C(C)C)CC(c2nccc3ccccc23)=NO1)C(=O)CF. The highest BCUT2D eigenvalue weighted by Crippen LogP contribution is 2.35. The summed E-state index contributed by atoms with van der Waals surface area (Å²) in [5.41, 5.74) is -0.350. The lowest BCUT2D eigenvalue weighted by Gasteiger charge is -2.30. The molecule has 3 rings (SSSR count). The highest BCUT2D eigenvalue weighted by atomic mass is 19.1. The standard InChI is InChI=1S/C25H30FN3O5/c1-15(2)14-33-22(31)11-19(21(30)13-26)28-24(32)25(16(3)4)12-20(29-34-25)23-18-8-6-5-7-17(18)9-10-27-23/h5-10,15-16,19H,11-14H2,1-4H3,(H,28,32)/t19-,25?/m0/s1. The van der Waals surface area contributed by atoms with Crippen molar-refractivity contribution in [2.24, 2.45) is 17.0 Å². The number of carbonyl (C=O) groups is 3. The van der Waals surface area contributed by atoms with Gasteiger partial charge in [0.1, 0.15) is 18.4 Å². The second kappa shape index (κ2) is 10.7. The van der Waals surface area contributed by atoms with Gasteiger partial charge in [-0.2, -0.15) is 0 Å². The lowest BCUT2D eigenvalue weighted by atomic mass is 9.83. The van der Waals surface area contributed by atoms with Gasteiger partial charge >= 0.3 is 5.97 Å². The third-order valence-corrected chi connectivity index (χ3v) is 5.79. The number of ether oxygens (including phenoxy) is 1. The van der Waals surface area contributed by atoms with E-state index in [1.165, 1.54) is 0 Å². The lowest BCUT2D eigenvalue weighted by Crippen LogP contribution is -2.55. The molecule has 8 nitrogen and oxygen atoms in total. The molecule has 0 radical (unpaired) electrons. The average molecular weight is 472 g/mol. The lowest BCUT2D eigenvalue weighted by molar-refractivity contribution is -0.153. The number of nitrogens with one attached hydrogen (secondary N) is 1. The number of aromatic nitrogens is 1. The summed E-state index contributed by atoms with van der Waals surface area (Å²) in [6, 6.07) is 8.18. The second-order valence-corrected chi connectivity index (χ2v) is 9.14. The van der Waals surface area contributed by atoms with Crippen molar-refractivity contribution in [2.75, 3.05) is 13.3 Å². The summed E-state index contributed by atoms with van der Waals surface area (Å²) >= 11 is 0. The van der Waals surface area contributed by atoms with Crippen LogP contribution in [0.2, 0.25) is 0 Å². The number of carbonyl (C=O) groups excluding carboxylic acids is 3. The molecule has 1 aliphatic heterocycles. The highest BCUT2D eigenvalue weighted by Gasteiger charge is 2.51. The Morgan fingerprint density at radius 2 is 1.91 bits per heavy atom. The fourth-order valence-electron chi connectivity index (χ4n) is 3.72. The molecule has 1 aliphatic rings. The first-order chi connectivity index (χ1) is 16.2. The number of Topliss-reactive ketones (excluding diaryl/α,β-unsaturated/α-hetero) is 1. The number of nitrogens with zero attached hydrogens (tertiary/aromatic N) is 2. The van der Waals surface area contributed by atoms with Crippen LogP contribution in [0.3, 0.4) is 0 Å². The van der Waals surface area contributed by atoms with Crippen molar-refractivity contribution >= 4 is 34.1 Å². The molecule has 2 heterocycles. The fraction of sp³-hybridized carbons (Fsp3) is 0.480. The topological polar surface area (TPSA) is 107 Å². The van der Waals surface area contributed by atoms with Crippen molar-refractivity contribution < 1.29 is 28.3 Å². The molecule has 34 heavy (non-hydrogen) atoms. The zero-order valence-electron chi connectivity index (χ0n) is 19.8. The molecule has 9 heteroatoms. The van der Waals surface area contributed by atoms with E-state index in [0.717, 1.165) is 10.8 Å². The molecule has 0 aliphatic carbocycles. The Labute approximate surface area is 197 Å². The van der Waals surface area contributed by atoms with Crippen LogP contribution < -0.4 is 5.32 Å². The van der Waals surface area contributed by atoms with Crippen LogP contribution in [0.1, 0.15) is 46.2 Å². The van der Waals surface area contributed by atoms with E-state index in [1.54, 1.807) is 20.0 Å². The molecule has 2 aromatic rings. The van der Waals surface area contributed by atoms with Crippen LogP contribution in [0.5, 0.6) is 0 Å². The molecule has 0 fully saturated rings. The van der Waals surface area contributed by atoms with Gasteiger partial charge in [0.15, 0.2) is 5.78 Å². The molecule has 2 atom stereocenters. The van der Waals surface area contributed by atoms with Crippen molar-refractivity contribution in [3.63, 3.8) is 0 Å². The molecule has 1 amide bonds. The van der Waals surface area contributed by atoms with Crippen molar-refractivity contribution in [3.8, 4) is 0 Å². The molecular formula is C25H30FN3O5. The van der Waals surface area contributed by atoms with Gasteiger partial charge in [-0.05, 0) is 17.4 Å². The smallest absolute Gasteiger partial charge is 0.308 e. The number of pyridine rings is 1. The second-order valence-electron chi connectivity index (χ2n) is 9.14. The molecule has 0 bridgehead atoms. The Hall–Kier alpha value is -3.36. The number of esters is 1. The number of halogens is 1. The summed E-state index contributed by atoms with van der Waals surface area (Å²) < 4.78 is 18.3. The predicted molar refractivity (Wildman–Crippen MR) is 125 cm³/mol. The minimum atomic E-state index is -1.44. The number of benzene rings is 1. The first kappa shape index (κ1) is 25.3. The van der Waals surface area contributed by atoms with Gasteiger partial charge in [0.2, 0.25) is 5.60 Å². The van der Waals surface area contributed by atoms with E-state index in [-0.39, 0.29) is 24.9 Å². The minimum Gasteiger partial charge on any atom is -0.465 e. The first-order valence-corrected chi connectivity index (χ1v) is 11.3. The quantitative estimate of drug-likeness (QED) is 0.533. The predicted octanol–water partition coefficient (Wildman–Crippen LogP) is 3.37. The summed E-state index contributed by atoms with van der Waals surface area (Å²) in [6.07, 6.45) is 1.30. The van der Waals surface area contributed by atoms with E-state index in [4.69, 9.17) is 9.57 Å². The maximum Gasteiger partial charge on any atom is 0.308 e. The van der Waals surface area contributed by atoms with Crippen molar-refractivity contribution in [1.29, 1.82) is 0 Å². The number of amides is 1. The minimum absolute atomic E-state index is 0.100. The highest BCUT2D eigenvalue weighted by molar-refractivity contribution is 6.12. The summed E-state index contributed by atoms with van der Waals surface area (Å²) in [6.45, 7) is 6.16. The van der Waals surface area contributed by atoms with Gasteiger partial charge in [0, 0.05) is 23.9 Å². The Bertz CT molecular complexity index is 1100. The monoisotopic (exact) mass is 471 g/mol. The summed E-state index contributed by atoms with van der Waals surface area (Å²) in [5.74, 6) is -2.50.